The van der Waals surface area contributed by atoms with Gasteiger partial charge >= 0.3 is 0 Å². The Balaban J connectivity index is 1.61. The van der Waals surface area contributed by atoms with Crippen LogP contribution in [0.5, 0.6) is 0 Å². The molecule has 0 aromatic carbocycles. The predicted octanol–water partition coefficient (Wildman–Crippen LogP) is 0.998. The number of likely N-dealkylation sites (tertiary alicyclic amines) is 1. The van der Waals surface area contributed by atoms with E-state index >= 15 is 0 Å². The third kappa shape index (κ3) is 1.58. The summed E-state index contributed by atoms with van der Waals surface area (Å²) in [4.78, 5) is 15.2. The number of carbonyl (C=O) groups excluding carboxylic acids is 1. The van der Waals surface area contributed by atoms with Gasteiger partial charge in [-0.1, -0.05) is 13.0 Å². The lowest BCUT2D eigenvalue weighted by molar-refractivity contribution is -0.209. The molecule has 6 bridgehead atoms. The normalized spacial score (nSPS) is 62.6. The number of aliphatic hydroxyl groups is 2. The largest absolute Gasteiger partial charge is 0.392 e. The first-order chi connectivity index (χ1) is 12.9. The molecular formula is C22H32N2O3. The zero-order valence-electron chi connectivity index (χ0n) is 16.1. The second kappa shape index (κ2) is 4.98. The van der Waals surface area contributed by atoms with Crippen molar-refractivity contribution < 1.29 is 15.0 Å². The summed E-state index contributed by atoms with van der Waals surface area (Å²) in [6, 6.07) is 0.333. The average molecular weight is 373 g/mol. The number of nitrogens with zero attached hydrogens (tertiary/aromatic N) is 1. The highest BCUT2D eigenvalue weighted by Crippen LogP contribution is 2.80. The topological polar surface area (TPSA) is 86.8 Å². The van der Waals surface area contributed by atoms with Crippen molar-refractivity contribution in [3.05, 3.63) is 12.7 Å². The molecule has 1 amide bonds. The van der Waals surface area contributed by atoms with Gasteiger partial charge in [0.2, 0.25) is 5.91 Å². The first-order valence-electron chi connectivity index (χ1n) is 11.0. The van der Waals surface area contributed by atoms with Gasteiger partial charge in [0, 0.05) is 36.3 Å². The van der Waals surface area contributed by atoms with Crippen LogP contribution in [0.15, 0.2) is 12.7 Å². The van der Waals surface area contributed by atoms with Crippen LogP contribution in [0.1, 0.15) is 32.6 Å². The number of fused-ring (bicyclic) bond motifs is 3. The van der Waals surface area contributed by atoms with Gasteiger partial charge in [-0.2, -0.15) is 0 Å². The van der Waals surface area contributed by atoms with E-state index in [1.807, 2.05) is 6.08 Å². The zero-order valence-corrected chi connectivity index (χ0v) is 16.1. The van der Waals surface area contributed by atoms with Gasteiger partial charge in [0.25, 0.3) is 0 Å². The van der Waals surface area contributed by atoms with E-state index in [0.29, 0.717) is 29.7 Å². The van der Waals surface area contributed by atoms with Crippen molar-refractivity contribution in [3.63, 3.8) is 0 Å². The van der Waals surface area contributed by atoms with Gasteiger partial charge in [-0.3, -0.25) is 9.69 Å². The Morgan fingerprint density at radius 2 is 2.11 bits per heavy atom. The van der Waals surface area contributed by atoms with Crippen molar-refractivity contribution in [2.75, 3.05) is 13.1 Å². The molecule has 1 aliphatic heterocycles. The van der Waals surface area contributed by atoms with E-state index in [1.165, 1.54) is 0 Å². The number of hydrogen-bond acceptors (Lipinski definition) is 4. The minimum absolute atomic E-state index is 0.000212. The summed E-state index contributed by atoms with van der Waals surface area (Å²) in [5.41, 5.74) is 5.20. The van der Waals surface area contributed by atoms with Crippen LogP contribution in [-0.4, -0.2) is 51.9 Å². The van der Waals surface area contributed by atoms with Crippen molar-refractivity contribution >= 4 is 5.91 Å². The molecule has 148 valence electrons. The van der Waals surface area contributed by atoms with Gasteiger partial charge in [-0.15, -0.1) is 6.58 Å². The Labute approximate surface area is 161 Å². The number of rotatable bonds is 3. The summed E-state index contributed by atoms with van der Waals surface area (Å²) < 4.78 is 0. The second-order valence-corrected chi connectivity index (χ2v) is 10.5. The summed E-state index contributed by atoms with van der Waals surface area (Å²) in [5.74, 6) is 1.35. The highest BCUT2D eigenvalue weighted by molar-refractivity contribution is 5.78. The summed E-state index contributed by atoms with van der Waals surface area (Å²) >= 11 is 0. The Morgan fingerprint density at radius 3 is 2.78 bits per heavy atom. The summed E-state index contributed by atoms with van der Waals surface area (Å²) in [6.07, 6.45) is 5.14. The van der Waals surface area contributed by atoms with E-state index in [4.69, 9.17) is 5.73 Å². The van der Waals surface area contributed by atoms with Crippen LogP contribution in [0.3, 0.4) is 0 Å². The van der Waals surface area contributed by atoms with E-state index in [-0.39, 0.29) is 41.1 Å². The van der Waals surface area contributed by atoms with Gasteiger partial charge in [0.05, 0.1) is 11.7 Å². The van der Waals surface area contributed by atoms with Crippen LogP contribution in [0.4, 0.5) is 0 Å². The molecule has 0 aromatic rings. The lowest BCUT2D eigenvalue weighted by Crippen LogP contribution is -2.70. The monoisotopic (exact) mass is 372 g/mol. The molecule has 5 nitrogen and oxygen atoms in total. The molecule has 12 atom stereocenters. The summed E-state index contributed by atoms with van der Waals surface area (Å²) in [5, 5.41) is 23.0. The number of nitrogens with two attached hydrogens (primary N) is 1. The van der Waals surface area contributed by atoms with Crippen molar-refractivity contribution in [1.82, 2.24) is 4.90 Å². The molecule has 5 heteroatoms. The fraction of sp³-hybridized carbons (Fsp3) is 0.864. The maximum atomic E-state index is 12.6. The molecule has 0 radical (unpaired) electrons. The average Bonchev–Trinajstić information content (AvgIpc) is 3.19. The van der Waals surface area contributed by atoms with E-state index in [0.717, 1.165) is 38.8 Å². The van der Waals surface area contributed by atoms with Gasteiger partial charge in [0.15, 0.2) is 0 Å². The predicted molar refractivity (Wildman–Crippen MR) is 100 cm³/mol. The highest BCUT2D eigenvalue weighted by atomic mass is 16.3. The fourth-order valence-electron chi connectivity index (χ4n) is 10.1. The molecule has 6 rings (SSSR count). The highest BCUT2D eigenvalue weighted by Gasteiger charge is 2.82. The van der Waals surface area contributed by atoms with E-state index < -0.39 is 5.60 Å². The molecule has 5 unspecified atom stereocenters. The smallest absolute Gasteiger partial charge is 0.221 e. The van der Waals surface area contributed by atoms with E-state index in [2.05, 4.69) is 18.4 Å². The third-order valence-electron chi connectivity index (χ3n) is 10.4. The van der Waals surface area contributed by atoms with Crippen LogP contribution in [0.25, 0.3) is 0 Å². The maximum absolute atomic E-state index is 12.6. The van der Waals surface area contributed by atoms with Gasteiger partial charge in [-0.05, 0) is 61.3 Å². The Bertz CT molecular complexity index is 726. The number of piperidine rings is 1. The van der Waals surface area contributed by atoms with Crippen LogP contribution in [0, 0.1) is 52.8 Å². The number of aliphatic hydroxyl groups excluding tert-OH is 1. The molecule has 1 heterocycles. The minimum Gasteiger partial charge on any atom is -0.392 e. The Kier molecular flexibility index (Phi) is 3.13. The fourth-order valence-corrected chi connectivity index (χ4v) is 10.1. The number of primary amides is 1. The summed E-state index contributed by atoms with van der Waals surface area (Å²) in [7, 11) is 0. The lowest BCUT2D eigenvalue weighted by Gasteiger charge is -2.63. The van der Waals surface area contributed by atoms with Crippen LogP contribution in [-0.2, 0) is 4.79 Å². The Hall–Kier alpha value is -0.910. The van der Waals surface area contributed by atoms with E-state index in [1.54, 1.807) is 0 Å². The van der Waals surface area contributed by atoms with Crippen LogP contribution >= 0.6 is 0 Å². The van der Waals surface area contributed by atoms with Crippen LogP contribution < -0.4 is 5.73 Å². The zero-order chi connectivity index (χ0) is 18.9. The molecule has 1 saturated heterocycles. The number of amides is 1. The molecular weight excluding hydrogens is 340 g/mol. The second-order valence-electron chi connectivity index (χ2n) is 10.5. The molecule has 4 N–H and O–H groups in total. The van der Waals surface area contributed by atoms with Gasteiger partial charge in [-0.25, -0.2) is 0 Å². The number of carbonyl (C=O) groups is 1. The van der Waals surface area contributed by atoms with Gasteiger partial charge < -0.3 is 15.9 Å². The van der Waals surface area contributed by atoms with E-state index in [9.17, 15) is 15.0 Å². The molecule has 1 spiro atoms. The molecule has 6 fully saturated rings. The lowest BCUT2D eigenvalue weighted by atomic mass is 9.49. The van der Waals surface area contributed by atoms with Crippen molar-refractivity contribution in [3.8, 4) is 0 Å². The standard InChI is InChI=1S/C22H32N2O3/c1-3-10-13-7-14-19-21(13,8-15(10)25)17-12(9-24(19)4-2)11-5-6-22(14,27)18(17)16(11)20(23)26/h3,10-19,25,27H,1,4-9H2,2H3,(H2,23,26)/t10?,11-,12+,13?,14-,15+,16-,17?,18?,19?,21+,22-/m0/s1. The molecule has 6 aliphatic rings. The van der Waals surface area contributed by atoms with Crippen molar-refractivity contribution in [2.24, 2.45) is 58.5 Å². The maximum Gasteiger partial charge on any atom is 0.221 e. The summed E-state index contributed by atoms with van der Waals surface area (Å²) in [6.45, 7) is 8.28. The van der Waals surface area contributed by atoms with Crippen molar-refractivity contribution in [2.45, 2.75) is 50.4 Å². The first-order valence-corrected chi connectivity index (χ1v) is 11.0. The first kappa shape index (κ1) is 17.0. The quantitative estimate of drug-likeness (QED) is 0.645. The molecule has 5 aliphatic carbocycles. The number of hydrogen-bond donors (Lipinski definition) is 3. The molecule has 5 saturated carbocycles. The Morgan fingerprint density at radius 1 is 1.33 bits per heavy atom. The molecule has 0 aromatic heterocycles. The third-order valence-corrected chi connectivity index (χ3v) is 10.4. The SMILES string of the molecule is C=CC1C2C[C@H]3C4N(CC)C[C@H]5C(C6[C@@H](C(N)=O)[C@H]5CC[C@@]63O)[C@@]24C[C@H]1O. The minimum atomic E-state index is -0.764. The molecule has 27 heavy (non-hydrogen) atoms. The van der Waals surface area contributed by atoms with Crippen molar-refractivity contribution in [1.29, 1.82) is 0 Å². The van der Waals surface area contributed by atoms with Gasteiger partial charge in [0.1, 0.15) is 0 Å². The van der Waals surface area contributed by atoms with Crippen LogP contribution in [0.2, 0.25) is 0 Å².